The summed E-state index contributed by atoms with van der Waals surface area (Å²) in [6, 6.07) is 7.47. The van der Waals surface area contributed by atoms with E-state index in [9.17, 15) is 0 Å². The van der Waals surface area contributed by atoms with Crippen molar-refractivity contribution in [1.29, 1.82) is 0 Å². The van der Waals surface area contributed by atoms with Crippen molar-refractivity contribution in [2.45, 2.75) is 6.10 Å². The van der Waals surface area contributed by atoms with Gasteiger partial charge in [-0.15, -0.1) is 0 Å². The lowest BCUT2D eigenvalue weighted by molar-refractivity contribution is 0.262. The molecule has 1 aromatic carbocycles. The van der Waals surface area contributed by atoms with Crippen LogP contribution in [-0.2, 0) is 4.74 Å². The summed E-state index contributed by atoms with van der Waals surface area (Å²) >= 11 is 0. The number of rotatable bonds is 3. The highest BCUT2D eigenvalue weighted by Crippen LogP contribution is 2.18. The van der Waals surface area contributed by atoms with Crippen molar-refractivity contribution >= 4 is 0 Å². The maximum absolute atomic E-state index is 5.66. The summed E-state index contributed by atoms with van der Waals surface area (Å²) in [4.78, 5) is 0. The van der Waals surface area contributed by atoms with Crippen molar-refractivity contribution in [2.75, 3.05) is 13.2 Å². The Balaban J connectivity index is 1.96. The molecule has 0 aromatic heterocycles. The van der Waals surface area contributed by atoms with Gasteiger partial charge in [0.2, 0.25) is 0 Å². The molecule has 2 radical (unpaired) electrons. The molecule has 0 spiro atoms. The zero-order chi connectivity index (χ0) is 8.39. The molecular weight excluding hydrogens is 152 g/mol. The Labute approximate surface area is 72.1 Å². The van der Waals surface area contributed by atoms with Crippen LogP contribution < -0.4 is 4.74 Å². The Morgan fingerprint density at radius 1 is 1.50 bits per heavy atom. The highest BCUT2D eigenvalue weighted by molar-refractivity contribution is 5.35. The van der Waals surface area contributed by atoms with Gasteiger partial charge in [0.05, 0.1) is 6.61 Å². The van der Waals surface area contributed by atoms with Crippen LogP contribution in [0, 0.1) is 6.92 Å². The maximum Gasteiger partial charge on any atom is 0.122 e. The topological polar surface area (TPSA) is 21.8 Å². The van der Waals surface area contributed by atoms with E-state index in [1.807, 2.05) is 24.3 Å². The SMILES string of the molecule is [CH]c1ccccc1OCC1CO1. The maximum atomic E-state index is 5.66. The lowest BCUT2D eigenvalue weighted by Gasteiger charge is -2.05. The van der Waals surface area contributed by atoms with E-state index in [0.717, 1.165) is 12.4 Å². The van der Waals surface area contributed by atoms with Gasteiger partial charge in [-0.1, -0.05) is 18.2 Å². The van der Waals surface area contributed by atoms with Crippen molar-refractivity contribution in [1.82, 2.24) is 0 Å². The number of hydrogen-bond donors (Lipinski definition) is 0. The van der Waals surface area contributed by atoms with Gasteiger partial charge in [-0.3, -0.25) is 0 Å². The molecular formula is C10H10O2. The van der Waals surface area contributed by atoms with Crippen LogP contribution in [0.5, 0.6) is 5.75 Å². The summed E-state index contributed by atoms with van der Waals surface area (Å²) in [7, 11) is 0. The molecule has 1 saturated heterocycles. The first-order valence-corrected chi connectivity index (χ1v) is 3.95. The van der Waals surface area contributed by atoms with E-state index in [1.54, 1.807) is 0 Å². The van der Waals surface area contributed by atoms with Gasteiger partial charge in [-0.2, -0.15) is 0 Å². The first-order chi connectivity index (χ1) is 5.86. The molecule has 1 heterocycles. The van der Waals surface area contributed by atoms with Crippen LogP contribution in [0.1, 0.15) is 5.56 Å². The van der Waals surface area contributed by atoms with E-state index in [-0.39, 0.29) is 6.10 Å². The smallest absolute Gasteiger partial charge is 0.122 e. The predicted molar refractivity (Wildman–Crippen MR) is 45.1 cm³/mol. The fourth-order valence-electron chi connectivity index (χ4n) is 0.959. The molecule has 62 valence electrons. The predicted octanol–water partition coefficient (Wildman–Crippen LogP) is 1.52. The summed E-state index contributed by atoms with van der Waals surface area (Å²) in [5.41, 5.74) is 0.679. The van der Waals surface area contributed by atoms with Gasteiger partial charge < -0.3 is 9.47 Å². The fraction of sp³-hybridized carbons (Fsp3) is 0.300. The van der Waals surface area contributed by atoms with Crippen LogP contribution >= 0.6 is 0 Å². The molecule has 1 aliphatic heterocycles. The molecule has 1 fully saturated rings. The zero-order valence-electron chi connectivity index (χ0n) is 6.69. The molecule has 0 N–H and O–H groups in total. The number of para-hydroxylation sites is 1. The van der Waals surface area contributed by atoms with Gasteiger partial charge in [-0.05, 0) is 11.6 Å². The van der Waals surface area contributed by atoms with E-state index in [4.69, 9.17) is 16.4 Å². The van der Waals surface area contributed by atoms with Crippen LogP contribution in [0.25, 0.3) is 0 Å². The number of hydrogen-bond acceptors (Lipinski definition) is 2. The first kappa shape index (κ1) is 7.62. The Kier molecular flexibility index (Phi) is 2.00. The van der Waals surface area contributed by atoms with Crippen molar-refractivity contribution in [3.63, 3.8) is 0 Å². The Hall–Kier alpha value is -1.02. The molecule has 1 aliphatic rings. The number of epoxide rings is 1. The number of benzene rings is 1. The zero-order valence-corrected chi connectivity index (χ0v) is 6.69. The molecule has 2 heteroatoms. The second-order valence-electron chi connectivity index (χ2n) is 2.80. The second-order valence-corrected chi connectivity index (χ2v) is 2.80. The Morgan fingerprint density at radius 2 is 2.25 bits per heavy atom. The molecule has 1 atom stereocenters. The van der Waals surface area contributed by atoms with E-state index in [1.165, 1.54) is 0 Å². The summed E-state index contributed by atoms with van der Waals surface area (Å²) in [5, 5.41) is 0. The molecule has 0 bridgehead atoms. The van der Waals surface area contributed by atoms with Crippen LogP contribution in [-0.4, -0.2) is 19.3 Å². The molecule has 0 amide bonds. The molecule has 1 unspecified atom stereocenters. The second kappa shape index (κ2) is 3.15. The Morgan fingerprint density at radius 3 is 2.92 bits per heavy atom. The summed E-state index contributed by atoms with van der Waals surface area (Å²) in [6.07, 6.45) is 0.282. The van der Waals surface area contributed by atoms with Crippen molar-refractivity contribution < 1.29 is 9.47 Å². The molecule has 0 aliphatic carbocycles. The highest BCUT2D eigenvalue weighted by atomic mass is 16.6. The minimum absolute atomic E-state index is 0.282. The quantitative estimate of drug-likeness (QED) is 0.628. The van der Waals surface area contributed by atoms with Gasteiger partial charge >= 0.3 is 0 Å². The van der Waals surface area contributed by atoms with Crippen LogP contribution in [0.2, 0.25) is 0 Å². The first-order valence-electron chi connectivity index (χ1n) is 3.95. The minimum Gasteiger partial charge on any atom is -0.490 e. The fourth-order valence-corrected chi connectivity index (χ4v) is 0.959. The Bertz CT molecular complexity index is 266. The lowest BCUT2D eigenvalue weighted by atomic mass is 10.2. The molecule has 1 aromatic rings. The molecule has 2 nitrogen and oxygen atoms in total. The van der Waals surface area contributed by atoms with Gasteiger partial charge in [0.15, 0.2) is 0 Å². The monoisotopic (exact) mass is 162 g/mol. The summed E-state index contributed by atoms with van der Waals surface area (Å²) < 4.78 is 10.4. The average Bonchev–Trinajstić information content (AvgIpc) is 2.86. The lowest BCUT2D eigenvalue weighted by Crippen LogP contribution is -2.04. The van der Waals surface area contributed by atoms with Gasteiger partial charge in [0.1, 0.15) is 18.5 Å². The van der Waals surface area contributed by atoms with E-state index in [0.29, 0.717) is 12.2 Å². The van der Waals surface area contributed by atoms with Crippen LogP contribution in [0.4, 0.5) is 0 Å². The van der Waals surface area contributed by atoms with Crippen LogP contribution in [0.3, 0.4) is 0 Å². The third-order valence-corrected chi connectivity index (χ3v) is 1.75. The molecule has 0 saturated carbocycles. The van der Waals surface area contributed by atoms with Gasteiger partial charge in [0.25, 0.3) is 0 Å². The van der Waals surface area contributed by atoms with Crippen molar-refractivity contribution in [2.24, 2.45) is 0 Å². The molecule has 12 heavy (non-hydrogen) atoms. The molecule has 2 rings (SSSR count). The normalized spacial score (nSPS) is 20.6. The van der Waals surface area contributed by atoms with Gasteiger partial charge in [0, 0.05) is 6.92 Å². The van der Waals surface area contributed by atoms with Crippen LogP contribution in [0.15, 0.2) is 24.3 Å². The van der Waals surface area contributed by atoms with E-state index >= 15 is 0 Å². The summed E-state index contributed by atoms with van der Waals surface area (Å²) in [5.74, 6) is 0.744. The standard InChI is InChI=1S/C10H10O2/c1-8-4-2-3-5-10(8)12-7-9-6-11-9/h1-5,9H,6-7H2. The van der Waals surface area contributed by atoms with Gasteiger partial charge in [-0.25, -0.2) is 0 Å². The van der Waals surface area contributed by atoms with Crippen molar-refractivity contribution in [3.8, 4) is 5.75 Å². The largest absolute Gasteiger partial charge is 0.490 e. The van der Waals surface area contributed by atoms with E-state index in [2.05, 4.69) is 0 Å². The third-order valence-electron chi connectivity index (χ3n) is 1.75. The minimum atomic E-state index is 0.282. The third kappa shape index (κ3) is 1.77. The summed E-state index contributed by atoms with van der Waals surface area (Å²) in [6.45, 7) is 7.08. The van der Waals surface area contributed by atoms with Crippen molar-refractivity contribution in [3.05, 3.63) is 36.8 Å². The average molecular weight is 162 g/mol. The number of ether oxygens (including phenoxy) is 2. The highest BCUT2D eigenvalue weighted by Gasteiger charge is 2.23. The van der Waals surface area contributed by atoms with E-state index < -0.39 is 0 Å².